The number of sulfonamides is 1. The fourth-order valence-electron chi connectivity index (χ4n) is 2.56. The van der Waals surface area contributed by atoms with E-state index in [1.54, 1.807) is 32.2 Å². The molecule has 1 N–H and O–H groups in total. The Balaban J connectivity index is 2.26. The minimum absolute atomic E-state index is 0.0143. The van der Waals surface area contributed by atoms with E-state index < -0.39 is 21.7 Å². The number of carbonyl (C=O) groups excluding carboxylic acids is 1. The van der Waals surface area contributed by atoms with Gasteiger partial charge < -0.3 is 9.64 Å². The zero-order valence-electron chi connectivity index (χ0n) is 15.8. The maximum atomic E-state index is 14.0. The van der Waals surface area contributed by atoms with E-state index in [1.165, 1.54) is 30.2 Å². The molecular formula is C19H22BrFN2O4S. The number of nitrogens with zero attached hydrogens (tertiary/aromatic N) is 1. The molecular weight excluding hydrogens is 451 g/mol. The molecule has 0 bridgehead atoms. The zero-order chi connectivity index (χ0) is 20.9. The number of amides is 1. The first-order valence-corrected chi connectivity index (χ1v) is 10.7. The number of ether oxygens (including phenoxy) is 1. The SMILES string of the molecule is COCCNS(=O)(=O)c1ccc(C)c(C(=O)N(C)Cc2cc(Br)ccc2F)c1. The highest BCUT2D eigenvalue weighted by Crippen LogP contribution is 2.20. The number of benzene rings is 2. The molecule has 1 amide bonds. The highest BCUT2D eigenvalue weighted by molar-refractivity contribution is 9.10. The van der Waals surface area contributed by atoms with Crippen molar-refractivity contribution < 1.29 is 22.3 Å². The van der Waals surface area contributed by atoms with Crippen LogP contribution in [0.3, 0.4) is 0 Å². The molecule has 0 radical (unpaired) electrons. The second kappa shape index (κ2) is 9.60. The molecule has 6 nitrogen and oxygen atoms in total. The number of hydrogen-bond donors (Lipinski definition) is 1. The predicted molar refractivity (Wildman–Crippen MR) is 108 cm³/mol. The van der Waals surface area contributed by atoms with E-state index in [0.29, 0.717) is 15.6 Å². The average Bonchev–Trinajstić information content (AvgIpc) is 2.64. The van der Waals surface area contributed by atoms with Crippen LogP contribution in [-0.4, -0.2) is 46.5 Å². The van der Waals surface area contributed by atoms with E-state index in [0.717, 1.165) is 0 Å². The molecule has 0 unspecified atom stereocenters. The zero-order valence-corrected chi connectivity index (χ0v) is 18.2. The van der Waals surface area contributed by atoms with Gasteiger partial charge in [-0.15, -0.1) is 0 Å². The van der Waals surface area contributed by atoms with E-state index >= 15 is 0 Å². The number of carbonyl (C=O) groups is 1. The van der Waals surface area contributed by atoms with Gasteiger partial charge >= 0.3 is 0 Å². The van der Waals surface area contributed by atoms with Crippen molar-refractivity contribution in [1.82, 2.24) is 9.62 Å². The molecule has 0 saturated heterocycles. The van der Waals surface area contributed by atoms with Crippen LogP contribution in [0.1, 0.15) is 21.5 Å². The molecule has 2 aromatic rings. The third-order valence-corrected chi connectivity index (χ3v) is 6.06. The second-order valence-electron chi connectivity index (χ2n) is 6.26. The first kappa shape index (κ1) is 22.5. The normalized spacial score (nSPS) is 11.5. The van der Waals surface area contributed by atoms with Gasteiger partial charge in [0, 0.05) is 42.8 Å². The minimum atomic E-state index is -3.77. The maximum absolute atomic E-state index is 14.0. The van der Waals surface area contributed by atoms with Gasteiger partial charge in [-0.25, -0.2) is 17.5 Å². The Morgan fingerprint density at radius 2 is 1.96 bits per heavy atom. The van der Waals surface area contributed by atoms with Crippen LogP contribution < -0.4 is 4.72 Å². The Hall–Kier alpha value is -1.81. The predicted octanol–water partition coefficient (Wildman–Crippen LogP) is 3.09. The molecule has 0 heterocycles. The highest BCUT2D eigenvalue weighted by atomic mass is 79.9. The van der Waals surface area contributed by atoms with Crippen LogP contribution in [0, 0.1) is 12.7 Å². The van der Waals surface area contributed by atoms with Crippen LogP contribution in [0.4, 0.5) is 4.39 Å². The van der Waals surface area contributed by atoms with Crippen molar-refractivity contribution in [3.8, 4) is 0 Å². The quantitative estimate of drug-likeness (QED) is 0.598. The van der Waals surface area contributed by atoms with Gasteiger partial charge in [0.1, 0.15) is 5.82 Å². The van der Waals surface area contributed by atoms with Gasteiger partial charge in [0.15, 0.2) is 0 Å². The molecule has 0 spiro atoms. The number of hydrogen-bond acceptors (Lipinski definition) is 4. The molecule has 0 saturated carbocycles. The van der Waals surface area contributed by atoms with Crippen molar-refractivity contribution in [3.05, 3.63) is 63.4 Å². The molecule has 0 aliphatic rings. The lowest BCUT2D eigenvalue weighted by molar-refractivity contribution is 0.0783. The molecule has 0 aliphatic heterocycles. The standard InChI is InChI=1S/C19H22BrFN2O4S/c1-13-4-6-16(28(25,26)22-8-9-27-3)11-17(13)19(24)23(2)12-14-10-15(20)5-7-18(14)21/h4-7,10-11,22H,8-9,12H2,1-3H3. The van der Waals surface area contributed by atoms with Gasteiger partial charge in [0.2, 0.25) is 10.0 Å². The van der Waals surface area contributed by atoms with Gasteiger partial charge in [-0.1, -0.05) is 22.0 Å². The summed E-state index contributed by atoms with van der Waals surface area (Å²) in [6, 6.07) is 8.85. The van der Waals surface area contributed by atoms with Crippen molar-refractivity contribution >= 4 is 31.9 Å². The monoisotopic (exact) mass is 472 g/mol. The largest absolute Gasteiger partial charge is 0.383 e. The van der Waals surface area contributed by atoms with Crippen LogP contribution >= 0.6 is 15.9 Å². The fraction of sp³-hybridized carbons (Fsp3) is 0.316. The molecule has 2 rings (SSSR count). The van der Waals surface area contributed by atoms with Crippen LogP contribution in [-0.2, 0) is 21.3 Å². The maximum Gasteiger partial charge on any atom is 0.254 e. The molecule has 9 heteroatoms. The van der Waals surface area contributed by atoms with Crippen molar-refractivity contribution in [2.45, 2.75) is 18.4 Å². The number of rotatable bonds is 8. The lowest BCUT2D eigenvalue weighted by Crippen LogP contribution is -2.29. The summed E-state index contributed by atoms with van der Waals surface area (Å²) in [6.45, 7) is 2.12. The number of methoxy groups -OCH3 is 1. The Kier molecular flexibility index (Phi) is 7.70. The van der Waals surface area contributed by atoms with Crippen molar-refractivity contribution in [2.75, 3.05) is 27.3 Å². The Morgan fingerprint density at radius 3 is 2.64 bits per heavy atom. The summed E-state index contributed by atoms with van der Waals surface area (Å²) >= 11 is 3.28. The summed E-state index contributed by atoms with van der Waals surface area (Å²) in [7, 11) is -0.754. The van der Waals surface area contributed by atoms with Crippen molar-refractivity contribution in [1.29, 1.82) is 0 Å². The molecule has 0 atom stereocenters. The van der Waals surface area contributed by atoms with E-state index in [2.05, 4.69) is 20.7 Å². The molecule has 0 aromatic heterocycles. The molecule has 0 aliphatic carbocycles. The van der Waals surface area contributed by atoms with Crippen molar-refractivity contribution in [3.63, 3.8) is 0 Å². The Bertz CT molecular complexity index is 966. The summed E-state index contributed by atoms with van der Waals surface area (Å²) in [5.74, 6) is -0.816. The second-order valence-corrected chi connectivity index (χ2v) is 8.95. The molecule has 28 heavy (non-hydrogen) atoms. The third kappa shape index (κ3) is 5.60. The van der Waals surface area contributed by atoms with Crippen LogP contribution in [0.15, 0.2) is 45.8 Å². The molecule has 0 fully saturated rings. The van der Waals surface area contributed by atoms with Gasteiger partial charge in [-0.05, 0) is 42.8 Å². The van der Waals surface area contributed by atoms with Crippen LogP contribution in [0.5, 0.6) is 0 Å². The topological polar surface area (TPSA) is 75.7 Å². The molecule has 2 aromatic carbocycles. The van der Waals surface area contributed by atoms with E-state index in [-0.39, 0.29) is 30.2 Å². The van der Waals surface area contributed by atoms with Crippen molar-refractivity contribution in [2.24, 2.45) is 0 Å². The van der Waals surface area contributed by atoms with Crippen LogP contribution in [0.2, 0.25) is 0 Å². The van der Waals surface area contributed by atoms with E-state index in [9.17, 15) is 17.6 Å². The first-order valence-electron chi connectivity index (χ1n) is 8.44. The van der Waals surface area contributed by atoms with E-state index in [1.807, 2.05) is 0 Å². The fourth-order valence-corrected chi connectivity index (χ4v) is 4.00. The lowest BCUT2D eigenvalue weighted by atomic mass is 10.1. The highest BCUT2D eigenvalue weighted by Gasteiger charge is 2.20. The summed E-state index contributed by atoms with van der Waals surface area (Å²) in [5, 5.41) is 0. The summed E-state index contributed by atoms with van der Waals surface area (Å²) in [4.78, 5) is 14.2. The third-order valence-electron chi connectivity index (χ3n) is 4.11. The number of aryl methyl sites for hydroxylation is 1. The smallest absolute Gasteiger partial charge is 0.254 e. The first-order chi connectivity index (χ1) is 13.2. The van der Waals surface area contributed by atoms with Gasteiger partial charge in [0.05, 0.1) is 11.5 Å². The van der Waals surface area contributed by atoms with Gasteiger partial charge in [-0.3, -0.25) is 4.79 Å². The summed E-state index contributed by atoms with van der Waals surface area (Å²) < 4.78 is 46.7. The number of halogens is 2. The summed E-state index contributed by atoms with van der Waals surface area (Å²) in [6.07, 6.45) is 0. The summed E-state index contributed by atoms with van der Waals surface area (Å²) in [5.41, 5.74) is 1.22. The average molecular weight is 473 g/mol. The van der Waals surface area contributed by atoms with Gasteiger partial charge in [0.25, 0.3) is 5.91 Å². The van der Waals surface area contributed by atoms with Gasteiger partial charge in [-0.2, -0.15) is 0 Å². The van der Waals surface area contributed by atoms with Crippen LogP contribution in [0.25, 0.3) is 0 Å². The van der Waals surface area contributed by atoms with E-state index in [4.69, 9.17) is 4.74 Å². The Labute approximate surface area is 172 Å². The Morgan fingerprint density at radius 1 is 1.25 bits per heavy atom. The lowest BCUT2D eigenvalue weighted by Gasteiger charge is -2.19. The molecule has 152 valence electrons. The number of nitrogens with one attached hydrogen (secondary N) is 1. The minimum Gasteiger partial charge on any atom is -0.383 e.